The van der Waals surface area contributed by atoms with Crippen LogP contribution in [0.5, 0.6) is 0 Å². The number of nitrogens with two attached hydrogens (primary N) is 1. The van der Waals surface area contributed by atoms with Crippen LogP contribution in [0.4, 0.5) is 0 Å². The Morgan fingerprint density at radius 1 is 1.50 bits per heavy atom. The zero-order valence-corrected chi connectivity index (χ0v) is 8.55. The summed E-state index contributed by atoms with van der Waals surface area (Å²) in [6.45, 7) is 0. The van der Waals surface area contributed by atoms with E-state index in [1.165, 1.54) is 0 Å². The number of rotatable bonds is 3. The Kier molecular flexibility index (Phi) is 4.02. The number of hydrogen-bond acceptors (Lipinski definition) is 4. The lowest BCUT2D eigenvalue weighted by Gasteiger charge is -2.26. The smallest absolute Gasteiger partial charge is 0.229 e. The third-order valence-electron chi connectivity index (χ3n) is 2.38. The van der Waals surface area contributed by atoms with Gasteiger partial charge in [0.05, 0.1) is 6.04 Å². The fourth-order valence-corrected chi connectivity index (χ4v) is 1.75. The molecule has 80 valence electrons. The summed E-state index contributed by atoms with van der Waals surface area (Å²) in [5.74, 6) is 0. The molecule has 1 rings (SSSR count). The molecule has 2 unspecified atom stereocenters. The van der Waals surface area contributed by atoms with Gasteiger partial charge in [-0.15, -0.1) is 0 Å². The highest BCUT2D eigenvalue weighted by molar-refractivity contribution is 7.80. The van der Waals surface area contributed by atoms with Gasteiger partial charge in [0, 0.05) is 11.3 Å². The molecule has 0 heterocycles. The monoisotopic (exact) mass is 218 g/mol. The second-order valence-corrected chi connectivity index (χ2v) is 3.82. The number of nitrogens with one attached hydrogen (secondary N) is 2. The van der Waals surface area contributed by atoms with Crippen LogP contribution < -0.4 is 16.6 Å². The Morgan fingerprint density at radius 2 is 2.14 bits per heavy atom. The van der Waals surface area contributed by atoms with Crippen LogP contribution in [0.25, 0.3) is 0 Å². The number of nitro groups is 1. The minimum absolute atomic E-state index is 0.109. The summed E-state index contributed by atoms with van der Waals surface area (Å²) >= 11 is 4.60. The average molecular weight is 218 g/mol. The molecule has 1 fully saturated rings. The van der Waals surface area contributed by atoms with Gasteiger partial charge in [-0.1, -0.05) is 6.42 Å². The molecule has 1 aliphatic rings. The molecule has 0 aromatic carbocycles. The van der Waals surface area contributed by atoms with E-state index in [2.05, 4.69) is 23.1 Å². The van der Waals surface area contributed by atoms with Crippen molar-refractivity contribution in [3.63, 3.8) is 0 Å². The predicted octanol–water partition coefficient (Wildman–Crippen LogP) is -0.0879. The van der Waals surface area contributed by atoms with Crippen molar-refractivity contribution < 1.29 is 4.92 Å². The number of hydrogen-bond donors (Lipinski definition) is 3. The molecule has 6 nitrogen and oxygen atoms in total. The van der Waals surface area contributed by atoms with Gasteiger partial charge in [0.2, 0.25) is 6.04 Å². The molecule has 2 atom stereocenters. The highest BCUT2D eigenvalue weighted by Gasteiger charge is 2.33. The highest BCUT2D eigenvalue weighted by Crippen LogP contribution is 2.20. The van der Waals surface area contributed by atoms with Crippen LogP contribution in [-0.2, 0) is 0 Å². The molecule has 4 N–H and O–H groups in total. The SMILES string of the molecule is NC(=S)NNC1CCCCC1[N+](=O)[O-]. The van der Waals surface area contributed by atoms with E-state index in [9.17, 15) is 10.1 Å². The summed E-state index contributed by atoms with van der Waals surface area (Å²) in [7, 11) is 0. The van der Waals surface area contributed by atoms with Crippen LogP contribution in [0.2, 0.25) is 0 Å². The van der Waals surface area contributed by atoms with Crippen molar-refractivity contribution >= 4 is 17.3 Å². The van der Waals surface area contributed by atoms with Crippen LogP contribution >= 0.6 is 12.2 Å². The first-order valence-electron chi connectivity index (χ1n) is 4.55. The molecule has 0 bridgehead atoms. The molecule has 0 amide bonds. The standard InChI is InChI=1S/C7H14N4O2S/c8-7(14)10-9-5-3-1-2-4-6(5)11(12)13/h5-6,9H,1-4H2,(H3,8,10,14). The third-order valence-corrected chi connectivity index (χ3v) is 2.48. The van der Waals surface area contributed by atoms with Crippen LogP contribution in [0.3, 0.4) is 0 Å². The summed E-state index contributed by atoms with van der Waals surface area (Å²) in [4.78, 5) is 10.4. The van der Waals surface area contributed by atoms with Crippen LogP contribution in [0.15, 0.2) is 0 Å². The van der Waals surface area contributed by atoms with Crippen molar-refractivity contribution in [3.05, 3.63) is 10.1 Å². The van der Waals surface area contributed by atoms with E-state index in [0.29, 0.717) is 6.42 Å². The average Bonchev–Trinajstić information content (AvgIpc) is 2.15. The Balaban J connectivity index is 2.45. The van der Waals surface area contributed by atoms with E-state index in [4.69, 9.17) is 5.73 Å². The maximum Gasteiger partial charge on any atom is 0.229 e. The van der Waals surface area contributed by atoms with Gasteiger partial charge >= 0.3 is 0 Å². The Morgan fingerprint density at radius 3 is 2.71 bits per heavy atom. The summed E-state index contributed by atoms with van der Waals surface area (Å²) in [6, 6.07) is -0.717. The summed E-state index contributed by atoms with van der Waals surface area (Å²) in [5, 5.41) is 10.8. The van der Waals surface area contributed by atoms with Crippen molar-refractivity contribution in [2.45, 2.75) is 37.8 Å². The van der Waals surface area contributed by atoms with Gasteiger partial charge in [-0.25, -0.2) is 5.43 Å². The summed E-state index contributed by atoms with van der Waals surface area (Å²) in [5.41, 5.74) is 10.6. The van der Waals surface area contributed by atoms with Crippen LogP contribution in [0, 0.1) is 10.1 Å². The molecular formula is C7H14N4O2S. The lowest BCUT2D eigenvalue weighted by Crippen LogP contribution is -2.54. The fraction of sp³-hybridized carbons (Fsp3) is 0.857. The van der Waals surface area contributed by atoms with Gasteiger partial charge in [-0.05, 0) is 25.1 Å². The zero-order valence-electron chi connectivity index (χ0n) is 7.73. The van der Waals surface area contributed by atoms with Gasteiger partial charge in [0.1, 0.15) is 0 Å². The van der Waals surface area contributed by atoms with Crippen LogP contribution in [-0.4, -0.2) is 22.1 Å². The van der Waals surface area contributed by atoms with Crippen molar-refractivity contribution in [1.29, 1.82) is 0 Å². The maximum absolute atomic E-state index is 10.7. The van der Waals surface area contributed by atoms with Gasteiger partial charge in [-0.2, -0.15) is 0 Å². The van der Waals surface area contributed by atoms with Crippen molar-refractivity contribution in [2.75, 3.05) is 0 Å². The van der Waals surface area contributed by atoms with Gasteiger partial charge in [0.25, 0.3) is 0 Å². The molecule has 1 aliphatic carbocycles. The molecule has 0 aromatic heterocycles. The molecular weight excluding hydrogens is 204 g/mol. The second-order valence-electron chi connectivity index (χ2n) is 3.38. The Bertz CT molecular complexity index is 236. The topological polar surface area (TPSA) is 93.2 Å². The first-order valence-corrected chi connectivity index (χ1v) is 4.96. The number of thiocarbonyl (C=S) groups is 1. The molecule has 0 spiro atoms. The van der Waals surface area contributed by atoms with Crippen molar-refractivity contribution in [2.24, 2.45) is 5.73 Å². The van der Waals surface area contributed by atoms with Gasteiger partial charge in [-0.3, -0.25) is 15.5 Å². The molecule has 7 heteroatoms. The van der Waals surface area contributed by atoms with E-state index in [-0.39, 0.29) is 16.1 Å². The van der Waals surface area contributed by atoms with E-state index < -0.39 is 6.04 Å². The maximum atomic E-state index is 10.7. The molecule has 1 saturated carbocycles. The first kappa shape index (κ1) is 11.1. The Labute approximate surface area is 87.3 Å². The molecule has 14 heavy (non-hydrogen) atoms. The largest absolute Gasteiger partial charge is 0.375 e. The second kappa shape index (κ2) is 5.06. The lowest BCUT2D eigenvalue weighted by molar-refractivity contribution is -0.530. The van der Waals surface area contributed by atoms with Crippen LogP contribution in [0.1, 0.15) is 25.7 Å². The number of hydrazine groups is 1. The van der Waals surface area contributed by atoms with E-state index >= 15 is 0 Å². The summed E-state index contributed by atoms with van der Waals surface area (Å²) < 4.78 is 0. The fourth-order valence-electron chi connectivity index (χ4n) is 1.70. The predicted molar refractivity (Wildman–Crippen MR) is 56.1 cm³/mol. The third kappa shape index (κ3) is 3.08. The first-order chi connectivity index (χ1) is 6.61. The molecule has 0 aliphatic heterocycles. The van der Waals surface area contributed by atoms with Crippen molar-refractivity contribution in [3.8, 4) is 0 Å². The van der Waals surface area contributed by atoms with Gasteiger partial charge < -0.3 is 5.73 Å². The zero-order chi connectivity index (χ0) is 10.6. The summed E-state index contributed by atoms with van der Waals surface area (Å²) in [6.07, 6.45) is 3.31. The normalized spacial score (nSPS) is 26.9. The van der Waals surface area contributed by atoms with E-state index in [0.717, 1.165) is 19.3 Å². The number of nitrogens with zero attached hydrogens (tertiary/aromatic N) is 1. The lowest BCUT2D eigenvalue weighted by atomic mass is 9.91. The molecule has 0 aromatic rings. The molecule has 0 saturated heterocycles. The quantitative estimate of drug-likeness (QED) is 0.348. The van der Waals surface area contributed by atoms with Crippen molar-refractivity contribution in [1.82, 2.24) is 10.9 Å². The highest BCUT2D eigenvalue weighted by atomic mass is 32.1. The Hall–Kier alpha value is -0.950. The van der Waals surface area contributed by atoms with Gasteiger partial charge in [0.15, 0.2) is 5.11 Å². The van der Waals surface area contributed by atoms with E-state index in [1.54, 1.807) is 0 Å². The minimum atomic E-state index is -0.536. The van der Waals surface area contributed by atoms with E-state index in [1.807, 2.05) is 0 Å². The minimum Gasteiger partial charge on any atom is -0.375 e. The molecule has 0 radical (unpaired) electrons.